The molecule has 1 N–H and O–H groups in total. The monoisotopic (exact) mass is 333 g/mol. The minimum absolute atomic E-state index is 0.248. The van der Waals surface area contributed by atoms with Crippen molar-refractivity contribution in [2.45, 2.75) is 13.1 Å². The number of pyridine rings is 1. The molecule has 0 radical (unpaired) electrons. The molecule has 0 aliphatic heterocycles. The maximum Gasteiger partial charge on any atom is 0.169 e. The number of ether oxygens (including phenoxy) is 1. The predicted octanol–water partition coefficient (Wildman–Crippen LogP) is 2.74. The van der Waals surface area contributed by atoms with Crippen LogP contribution in [0.5, 0.6) is 0 Å². The minimum Gasteiger partial charge on any atom is -0.383 e. The van der Waals surface area contributed by atoms with E-state index in [2.05, 4.69) is 10.3 Å². The van der Waals surface area contributed by atoms with Crippen LogP contribution in [0.2, 0.25) is 0 Å². The summed E-state index contributed by atoms with van der Waals surface area (Å²) in [5, 5.41) is 3.76. The van der Waals surface area contributed by atoms with Crippen molar-refractivity contribution in [1.82, 2.24) is 15.2 Å². The molecule has 0 saturated carbocycles. The molecule has 2 rings (SSSR count). The number of halogens is 1. The fourth-order valence-corrected chi connectivity index (χ4v) is 2.37. The Morgan fingerprint density at radius 2 is 2.04 bits per heavy atom. The van der Waals surface area contributed by atoms with E-state index in [0.29, 0.717) is 31.4 Å². The van der Waals surface area contributed by atoms with Crippen LogP contribution in [0.15, 0.2) is 48.8 Å². The summed E-state index contributed by atoms with van der Waals surface area (Å²) in [6, 6.07) is 10.4. The van der Waals surface area contributed by atoms with Crippen LogP contribution in [0.1, 0.15) is 11.1 Å². The molecule has 6 heteroatoms. The van der Waals surface area contributed by atoms with Gasteiger partial charge in [-0.2, -0.15) is 0 Å². The standard InChI is InChI=1S/C17H20FN3OS/c1-22-9-8-20-17(23)21(13-15-5-3-7-19-11-15)12-14-4-2-6-16(18)10-14/h2-7,10-11H,8-9,12-13H2,1H3,(H,20,23). The topological polar surface area (TPSA) is 37.4 Å². The van der Waals surface area contributed by atoms with Gasteiger partial charge in [0, 0.05) is 39.1 Å². The van der Waals surface area contributed by atoms with Gasteiger partial charge in [-0.1, -0.05) is 18.2 Å². The molecule has 0 amide bonds. The smallest absolute Gasteiger partial charge is 0.169 e. The Bertz CT molecular complexity index is 624. The summed E-state index contributed by atoms with van der Waals surface area (Å²) in [5.41, 5.74) is 1.91. The van der Waals surface area contributed by atoms with Crippen LogP contribution < -0.4 is 5.32 Å². The summed E-state index contributed by atoms with van der Waals surface area (Å²) in [6.07, 6.45) is 3.53. The summed E-state index contributed by atoms with van der Waals surface area (Å²) in [4.78, 5) is 6.11. The largest absolute Gasteiger partial charge is 0.383 e. The van der Waals surface area contributed by atoms with E-state index in [1.807, 2.05) is 23.1 Å². The number of methoxy groups -OCH3 is 1. The number of nitrogens with one attached hydrogen (secondary N) is 1. The lowest BCUT2D eigenvalue weighted by molar-refractivity contribution is 0.202. The van der Waals surface area contributed by atoms with E-state index in [4.69, 9.17) is 17.0 Å². The summed E-state index contributed by atoms with van der Waals surface area (Å²) in [7, 11) is 1.64. The van der Waals surface area contributed by atoms with Crippen LogP contribution in [0.25, 0.3) is 0 Å². The maximum atomic E-state index is 13.4. The first-order chi connectivity index (χ1) is 11.2. The highest BCUT2D eigenvalue weighted by atomic mass is 32.1. The van der Waals surface area contributed by atoms with Crippen molar-refractivity contribution in [1.29, 1.82) is 0 Å². The molecule has 0 aliphatic rings. The summed E-state index contributed by atoms with van der Waals surface area (Å²) in [6.45, 7) is 2.32. The van der Waals surface area contributed by atoms with Gasteiger partial charge in [0.05, 0.1) is 6.61 Å². The second kappa shape index (κ2) is 9.17. The number of hydrogen-bond donors (Lipinski definition) is 1. The Balaban J connectivity index is 2.08. The molecule has 1 heterocycles. The van der Waals surface area contributed by atoms with E-state index in [1.165, 1.54) is 12.1 Å². The van der Waals surface area contributed by atoms with Crippen LogP contribution >= 0.6 is 12.2 Å². The van der Waals surface area contributed by atoms with Crippen LogP contribution in [0, 0.1) is 5.82 Å². The molecule has 0 aliphatic carbocycles. The zero-order valence-corrected chi connectivity index (χ0v) is 13.9. The molecular formula is C17H20FN3OS. The van der Waals surface area contributed by atoms with Gasteiger partial charge in [0.25, 0.3) is 0 Å². The summed E-state index contributed by atoms with van der Waals surface area (Å²) in [5.74, 6) is -0.248. The molecule has 1 aromatic heterocycles. The van der Waals surface area contributed by atoms with E-state index in [0.717, 1.165) is 11.1 Å². The minimum atomic E-state index is -0.248. The van der Waals surface area contributed by atoms with Crippen molar-refractivity contribution in [3.63, 3.8) is 0 Å². The second-order valence-electron chi connectivity index (χ2n) is 5.07. The number of nitrogens with zero attached hydrogens (tertiary/aromatic N) is 2. The van der Waals surface area contributed by atoms with Crippen LogP contribution in [-0.2, 0) is 17.8 Å². The molecule has 1 aromatic carbocycles. The third-order valence-electron chi connectivity index (χ3n) is 3.23. The highest BCUT2D eigenvalue weighted by molar-refractivity contribution is 7.80. The summed E-state index contributed by atoms with van der Waals surface area (Å²) < 4.78 is 18.4. The normalized spacial score (nSPS) is 10.3. The number of rotatable bonds is 7. The predicted molar refractivity (Wildman–Crippen MR) is 92.4 cm³/mol. The van der Waals surface area contributed by atoms with Gasteiger partial charge in [0.2, 0.25) is 0 Å². The number of hydrogen-bond acceptors (Lipinski definition) is 3. The Kier molecular flexibility index (Phi) is 6.90. The van der Waals surface area contributed by atoms with Gasteiger partial charge >= 0.3 is 0 Å². The van der Waals surface area contributed by atoms with E-state index >= 15 is 0 Å². The molecule has 0 fully saturated rings. The van der Waals surface area contributed by atoms with E-state index in [1.54, 1.807) is 25.6 Å². The summed E-state index contributed by atoms with van der Waals surface area (Å²) >= 11 is 5.47. The Hall–Kier alpha value is -2.05. The van der Waals surface area contributed by atoms with Crippen LogP contribution in [0.4, 0.5) is 4.39 Å². The van der Waals surface area contributed by atoms with E-state index in [9.17, 15) is 4.39 Å². The van der Waals surface area contributed by atoms with Crippen molar-refractivity contribution in [3.05, 3.63) is 65.7 Å². The average Bonchev–Trinajstić information content (AvgIpc) is 2.55. The maximum absolute atomic E-state index is 13.4. The lowest BCUT2D eigenvalue weighted by atomic mass is 10.2. The first-order valence-electron chi connectivity index (χ1n) is 7.34. The molecule has 0 unspecified atom stereocenters. The van der Waals surface area contributed by atoms with Gasteiger partial charge in [-0.25, -0.2) is 4.39 Å². The number of thiocarbonyl (C=S) groups is 1. The fraction of sp³-hybridized carbons (Fsp3) is 0.294. The van der Waals surface area contributed by atoms with Crippen molar-refractivity contribution < 1.29 is 9.13 Å². The Morgan fingerprint density at radius 1 is 1.26 bits per heavy atom. The zero-order valence-electron chi connectivity index (χ0n) is 13.0. The van der Waals surface area contributed by atoms with E-state index < -0.39 is 0 Å². The highest BCUT2D eigenvalue weighted by Crippen LogP contribution is 2.11. The number of aromatic nitrogens is 1. The molecule has 0 spiro atoms. The average molecular weight is 333 g/mol. The molecule has 0 bridgehead atoms. The Morgan fingerprint density at radius 3 is 2.74 bits per heavy atom. The van der Waals surface area contributed by atoms with Crippen LogP contribution in [0.3, 0.4) is 0 Å². The molecule has 2 aromatic rings. The van der Waals surface area contributed by atoms with Crippen molar-refractivity contribution in [2.75, 3.05) is 20.3 Å². The second-order valence-corrected chi connectivity index (χ2v) is 5.46. The number of benzene rings is 1. The third kappa shape index (κ3) is 5.92. The van der Waals surface area contributed by atoms with Gasteiger partial charge in [0.1, 0.15) is 5.82 Å². The molecular weight excluding hydrogens is 313 g/mol. The molecule has 0 atom stereocenters. The van der Waals surface area contributed by atoms with E-state index in [-0.39, 0.29) is 5.82 Å². The zero-order chi connectivity index (χ0) is 16.5. The van der Waals surface area contributed by atoms with Gasteiger partial charge < -0.3 is 15.0 Å². The van der Waals surface area contributed by atoms with Gasteiger partial charge in [-0.15, -0.1) is 0 Å². The van der Waals surface area contributed by atoms with Crippen molar-refractivity contribution in [2.24, 2.45) is 0 Å². The molecule has 4 nitrogen and oxygen atoms in total. The SMILES string of the molecule is COCCNC(=S)N(Cc1cccnc1)Cc1cccc(F)c1. The third-order valence-corrected chi connectivity index (χ3v) is 3.63. The Labute approximate surface area is 141 Å². The van der Waals surface area contributed by atoms with Crippen molar-refractivity contribution >= 4 is 17.3 Å². The molecule has 23 heavy (non-hydrogen) atoms. The van der Waals surface area contributed by atoms with Crippen molar-refractivity contribution in [3.8, 4) is 0 Å². The lowest BCUT2D eigenvalue weighted by Crippen LogP contribution is -2.40. The van der Waals surface area contributed by atoms with Gasteiger partial charge in [-0.05, 0) is 41.5 Å². The molecule has 122 valence electrons. The van der Waals surface area contributed by atoms with Gasteiger partial charge in [0.15, 0.2) is 5.11 Å². The fourth-order valence-electron chi connectivity index (χ4n) is 2.14. The quantitative estimate of drug-likeness (QED) is 0.623. The first kappa shape index (κ1) is 17.3. The first-order valence-corrected chi connectivity index (χ1v) is 7.75. The van der Waals surface area contributed by atoms with Crippen LogP contribution in [-0.4, -0.2) is 35.3 Å². The van der Waals surface area contributed by atoms with Gasteiger partial charge in [-0.3, -0.25) is 4.98 Å². The molecule has 0 saturated heterocycles. The highest BCUT2D eigenvalue weighted by Gasteiger charge is 2.11. The lowest BCUT2D eigenvalue weighted by Gasteiger charge is -2.26.